The Morgan fingerprint density at radius 3 is 2.32 bits per heavy atom. The van der Waals surface area contributed by atoms with Crippen molar-refractivity contribution in [2.24, 2.45) is 0 Å². The van der Waals surface area contributed by atoms with Gasteiger partial charge in [-0.15, -0.1) is 0 Å². The van der Waals surface area contributed by atoms with Gasteiger partial charge in [0.2, 0.25) is 0 Å². The summed E-state index contributed by atoms with van der Waals surface area (Å²) in [6.45, 7) is 6.93. The SMILES string of the molecule is CC(C)N(C)C[C@H](C)NC(=O)NC(CCC(=O)O)Cc1ccccc1. The van der Waals surface area contributed by atoms with Gasteiger partial charge in [0.05, 0.1) is 0 Å². The Balaban J connectivity index is 2.57. The van der Waals surface area contributed by atoms with Crippen LogP contribution in [0.3, 0.4) is 0 Å². The van der Waals surface area contributed by atoms with Crippen LogP contribution >= 0.6 is 0 Å². The molecule has 3 N–H and O–H groups in total. The molecule has 1 aromatic rings. The second kappa shape index (κ2) is 10.7. The van der Waals surface area contributed by atoms with E-state index in [-0.39, 0.29) is 24.5 Å². The lowest BCUT2D eigenvalue weighted by atomic mass is 10.0. The van der Waals surface area contributed by atoms with Crippen LogP contribution in [-0.4, -0.2) is 53.7 Å². The quantitative estimate of drug-likeness (QED) is 0.606. The number of carbonyl (C=O) groups is 2. The van der Waals surface area contributed by atoms with Gasteiger partial charge >= 0.3 is 12.0 Å². The third-order valence-electron chi connectivity index (χ3n) is 4.19. The van der Waals surface area contributed by atoms with Gasteiger partial charge in [-0.05, 0) is 46.2 Å². The van der Waals surface area contributed by atoms with Crippen LogP contribution in [0.4, 0.5) is 4.79 Å². The molecular weight excluding hydrogens is 318 g/mol. The fraction of sp³-hybridized carbons (Fsp3) is 0.579. The first-order chi connectivity index (χ1) is 11.8. The second-order valence-electron chi connectivity index (χ2n) is 6.87. The molecule has 6 heteroatoms. The molecule has 0 spiro atoms. The molecule has 2 amide bonds. The van der Waals surface area contributed by atoms with Crippen molar-refractivity contribution in [3.8, 4) is 0 Å². The molecule has 0 saturated heterocycles. The number of urea groups is 1. The Hall–Kier alpha value is -2.08. The minimum absolute atomic E-state index is 0.00393. The van der Waals surface area contributed by atoms with Crippen molar-refractivity contribution >= 4 is 12.0 Å². The van der Waals surface area contributed by atoms with E-state index >= 15 is 0 Å². The van der Waals surface area contributed by atoms with Crippen molar-refractivity contribution in [1.82, 2.24) is 15.5 Å². The van der Waals surface area contributed by atoms with Crippen LogP contribution in [-0.2, 0) is 11.2 Å². The summed E-state index contributed by atoms with van der Waals surface area (Å²) in [6.07, 6.45) is 1.04. The monoisotopic (exact) mass is 349 g/mol. The Morgan fingerprint density at radius 1 is 1.12 bits per heavy atom. The highest BCUT2D eigenvalue weighted by Gasteiger charge is 2.17. The molecule has 0 aliphatic rings. The Kier molecular flexibility index (Phi) is 8.99. The summed E-state index contributed by atoms with van der Waals surface area (Å²) in [4.78, 5) is 25.3. The summed E-state index contributed by atoms with van der Waals surface area (Å²) in [5.41, 5.74) is 1.07. The molecule has 140 valence electrons. The number of nitrogens with zero attached hydrogens (tertiary/aromatic N) is 1. The maximum absolute atomic E-state index is 12.3. The van der Waals surface area contributed by atoms with E-state index in [9.17, 15) is 9.59 Å². The minimum Gasteiger partial charge on any atom is -0.481 e. The number of carboxylic acid groups (broad SMARTS) is 1. The number of nitrogens with one attached hydrogen (secondary N) is 2. The first-order valence-corrected chi connectivity index (χ1v) is 8.81. The molecule has 6 nitrogen and oxygen atoms in total. The van der Waals surface area contributed by atoms with E-state index in [2.05, 4.69) is 29.4 Å². The molecule has 0 heterocycles. The highest BCUT2D eigenvalue weighted by atomic mass is 16.4. The van der Waals surface area contributed by atoms with E-state index in [1.165, 1.54) is 0 Å². The molecule has 0 bridgehead atoms. The molecule has 0 saturated carbocycles. The first kappa shape index (κ1) is 21.0. The number of amides is 2. The van der Waals surface area contributed by atoms with Gasteiger partial charge in [0.25, 0.3) is 0 Å². The third-order valence-corrected chi connectivity index (χ3v) is 4.19. The van der Waals surface area contributed by atoms with E-state index in [1.807, 2.05) is 44.3 Å². The van der Waals surface area contributed by atoms with E-state index in [0.29, 0.717) is 18.9 Å². The zero-order valence-corrected chi connectivity index (χ0v) is 15.7. The highest BCUT2D eigenvalue weighted by Crippen LogP contribution is 2.08. The number of likely N-dealkylation sites (N-methyl/N-ethyl adjacent to an activating group) is 1. The summed E-state index contributed by atoms with van der Waals surface area (Å²) < 4.78 is 0. The maximum Gasteiger partial charge on any atom is 0.315 e. The van der Waals surface area contributed by atoms with Gasteiger partial charge in [0.15, 0.2) is 0 Å². The Labute approximate surface area is 150 Å². The summed E-state index contributed by atoms with van der Waals surface area (Å²) >= 11 is 0. The van der Waals surface area contributed by atoms with Gasteiger partial charge < -0.3 is 20.6 Å². The minimum atomic E-state index is -0.854. The number of hydrogen-bond donors (Lipinski definition) is 3. The van der Waals surface area contributed by atoms with Gasteiger partial charge in [-0.3, -0.25) is 4.79 Å². The lowest BCUT2D eigenvalue weighted by Crippen LogP contribution is -2.49. The number of aliphatic carboxylic acids is 1. The molecule has 0 aromatic heterocycles. The summed E-state index contributed by atoms with van der Waals surface area (Å²) in [7, 11) is 2.02. The number of carboxylic acids is 1. The molecule has 0 aliphatic heterocycles. The molecular formula is C19H31N3O3. The van der Waals surface area contributed by atoms with Crippen LogP contribution in [0.1, 0.15) is 39.2 Å². The zero-order chi connectivity index (χ0) is 18.8. The Morgan fingerprint density at radius 2 is 1.76 bits per heavy atom. The van der Waals surface area contributed by atoms with Gasteiger partial charge in [-0.2, -0.15) is 0 Å². The van der Waals surface area contributed by atoms with E-state index in [0.717, 1.165) is 12.1 Å². The molecule has 2 atom stereocenters. The van der Waals surface area contributed by atoms with Crippen LogP contribution in [0.5, 0.6) is 0 Å². The zero-order valence-electron chi connectivity index (χ0n) is 15.7. The van der Waals surface area contributed by atoms with E-state index < -0.39 is 5.97 Å². The average molecular weight is 349 g/mol. The summed E-state index contributed by atoms with van der Waals surface area (Å²) in [6, 6.07) is 9.72. The molecule has 0 radical (unpaired) electrons. The summed E-state index contributed by atoms with van der Waals surface area (Å²) in [5.74, 6) is -0.854. The average Bonchev–Trinajstić information content (AvgIpc) is 2.53. The highest BCUT2D eigenvalue weighted by molar-refractivity contribution is 5.74. The molecule has 1 unspecified atom stereocenters. The summed E-state index contributed by atoms with van der Waals surface area (Å²) in [5, 5.41) is 14.8. The van der Waals surface area contributed by atoms with Gasteiger partial charge in [-0.1, -0.05) is 30.3 Å². The van der Waals surface area contributed by atoms with Gasteiger partial charge in [0.1, 0.15) is 0 Å². The predicted octanol–water partition coefficient (Wildman–Crippen LogP) is 2.49. The fourth-order valence-electron chi connectivity index (χ4n) is 2.56. The van der Waals surface area contributed by atoms with Gasteiger partial charge in [0, 0.05) is 31.1 Å². The van der Waals surface area contributed by atoms with Crippen molar-refractivity contribution in [2.45, 2.75) is 58.2 Å². The lowest BCUT2D eigenvalue weighted by molar-refractivity contribution is -0.137. The van der Waals surface area contributed by atoms with Crippen molar-refractivity contribution in [3.63, 3.8) is 0 Å². The maximum atomic E-state index is 12.3. The van der Waals surface area contributed by atoms with Crippen molar-refractivity contribution in [2.75, 3.05) is 13.6 Å². The Bertz CT molecular complexity index is 534. The lowest BCUT2D eigenvalue weighted by Gasteiger charge is -2.26. The van der Waals surface area contributed by atoms with E-state index in [1.54, 1.807) is 0 Å². The van der Waals surface area contributed by atoms with Crippen LogP contribution in [0.25, 0.3) is 0 Å². The standard InChI is InChI=1S/C19H31N3O3/c1-14(2)22(4)13-15(3)20-19(25)21-17(10-11-18(23)24)12-16-8-6-5-7-9-16/h5-9,14-15,17H,10-13H2,1-4H3,(H,23,24)(H2,20,21,25)/t15-,17?/m0/s1. The first-order valence-electron chi connectivity index (χ1n) is 8.81. The topological polar surface area (TPSA) is 81.7 Å². The van der Waals surface area contributed by atoms with Crippen LogP contribution < -0.4 is 10.6 Å². The normalized spacial score (nSPS) is 13.5. The second-order valence-corrected chi connectivity index (χ2v) is 6.87. The smallest absolute Gasteiger partial charge is 0.315 e. The predicted molar refractivity (Wildman–Crippen MR) is 99.7 cm³/mol. The van der Waals surface area contributed by atoms with Crippen molar-refractivity contribution < 1.29 is 14.7 Å². The molecule has 0 fully saturated rings. The van der Waals surface area contributed by atoms with Crippen molar-refractivity contribution in [3.05, 3.63) is 35.9 Å². The van der Waals surface area contributed by atoms with Gasteiger partial charge in [-0.25, -0.2) is 4.79 Å². The molecule has 1 rings (SSSR count). The number of carbonyl (C=O) groups excluding carboxylic acids is 1. The van der Waals surface area contributed by atoms with Crippen molar-refractivity contribution in [1.29, 1.82) is 0 Å². The van der Waals surface area contributed by atoms with Crippen LogP contribution in [0.15, 0.2) is 30.3 Å². The van der Waals surface area contributed by atoms with Crippen LogP contribution in [0.2, 0.25) is 0 Å². The number of rotatable bonds is 10. The molecule has 1 aromatic carbocycles. The largest absolute Gasteiger partial charge is 0.481 e. The molecule has 25 heavy (non-hydrogen) atoms. The van der Waals surface area contributed by atoms with Crippen LogP contribution in [0, 0.1) is 0 Å². The van der Waals surface area contributed by atoms with E-state index in [4.69, 9.17) is 5.11 Å². The fourth-order valence-corrected chi connectivity index (χ4v) is 2.56. The number of benzene rings is 1. The third kappa shape index (κ3) is 9.10. The number of hydrogen-bond acceptors (Lipinski definition) is 3. The molecule has 0 aliphatic carbocycles.